The van der Waals surface area contributed by atoms with Gasteiger partial charge in [-0.25, -0.2) is 4.98 Å². The molecule has 5 aromatic rings. The number of nitrogens with zero attached hydrogens (tertiary/aromatic N) is 2. The molecule has 4 nitrogen and oxygen atoms in total. The van der Waals surface area contributed by atoms with Crippen molar-refractivity contribution in [3.8, 4) is 11.1 Å². The monoisotopic (exact) mass is 529 g/mol. The van der Waals surface area contributed by atoms with E-state index in [0.717, 1.165) is 16.8 Å². The Hall–Kier alpha value is -3.43. The molecule has 4 aromatic carbocycles. The number of hydrogen-bond acceptors (Lipinski definition) is 4. The Morgan fingerprint density at radius 3 is 1.58 bits per heavy atom. The third kappa shape index (κ3) is 4.56. The molecule has 0 saturated heterocycles. The molecular weight excluding hydrogens is 506 g/mol. The van der Waals surface area contributed by atoms with Gasteiger partial charge in [0.15, 0.2) is 0 Å². The van der Waals surface area contributed by atoms with Crippen molar-refractivity contribution in [3.63, 3.8) is 0 Å². The number of nitrogen functional groups attached to an aromatic ring is 2. The van der Waals surface area contributed by atoms with Crippen LogP contribution in [-0.2, 0) is 6.16 Å². The minimum Gasteiger partial charge on any atom is -0.383 e. The SMILES string of the molecule is Nc1nc(N)c(-c2ccc(Cl)c(Cl)c2)c(C[P+](c2ccccc2)(c2ccccc2)c2ccccc2)n1. The highest BCUT2D eigenvalue weighted by molar-refractivity contribution is 7.95. The first-order chi connectivity index (χ1) is 17.5. The summed E-state index contributed by atoms with van der Waals surface area (Å²) >= 11 is 12.6. The van der Waals surface area contributed by atoms with E-state index in [4.69, 9.17) is 39.7 Å². The van der Waals surface area contributed by atoms with E-state index < -0.39 is 7.26 Å². The summed E-state index contributed by atoms with van der Waals surface area (Å²) in [5.41, 5.74) is 14.9. The molecule has 7 heteroatoms. The Morgan fingerprint density at radius 2 is 1.11 bits per heavy atom. The molecular formula is C29H24Cl2N4P+. The zero-order valence-corrected chi connectivity index (χ0v) is 21.8. The van der Waals surface area contributed by atoms with Crippen molar-refractivity contribution in [1.82, 2.24) is 9.97 Å². The van der Waals surface area contributed by atoms with Gasteiger partial charge in [0.1, 0.15) is 35.2 Å². The molecule has 1 heterocycles. The van der Waals surface area contributed by atoms with Gasteiger partial charge in [-0.3, -0.25) is 0 Å². The zero-order valence-electron chi connectivity index (χ0n) is 19.4. The molecule has 5 rings (SSSR count). The molecule has 0 spiro atoms. The van der Waals surface area contributed by atoms with Crippen molar-refractivity contribution in [1.29, 1.82) is 0 Å². The Labute approximate surface area is 221 Å². The fourth-order valence-corrected chi connectivity index (χ4v) is 9.08. The molecule has 0 aliphatic heterocycles. The van der Waals surface area contributed by atoms with E-state index in [2.05, 4.69) is 77.8 Å². The van der Waals surface area contributed by atoms with E-state index in [1.54, 1.807) is 12.1 Å². The summed E-state index contributed by atoms with van der Waals surface area (Å²) in [6.07, 6.45) is 0.595. The fourth-order valence-electron chi connectivity index (χ4n) is 4.62. The number of hydrogen-bond donors (Lipinski definition) is 2. The maximum absolute atomic E-state index is 6.48. The first-order valence-corrected chi connectivity index (χ1v) is 14.1. The van der Waals surface area contributed by atoms with Gasteiger partial charge in [-0.15, -0.1) is 0 Å². The largest absolute Gasteiger partial charge is 0.383 e. The van der Waals surface area contributed by atoms with Crippen LogP contribution in [0.2, 0.25) is 10.0 Å². The van der Waals surface area contributed by atoms with Crippen LogP contribution in [0.3, 0.4) is 0 Å². The molecule has 0 aliphatic rings. The number of halogens is 2. The van der Waals surface area contributed by atoms with Crippen molar-refractivity contribution in [2.75, 3.05) is 11.5 Å². The van der Waals surface area contributed by atoms with E-state index in [1.165, 1.54) is 15.9 Å². The second kappa shape index (κ2) is 10.3. The Bertz CT molecular complexity index is 1400. The second-order valence-electron chi connectivity index (χ2n) is 8.39. The lowest BCUT2D eigenvalue weighted by Crippen LogP contribution is -2.33. The van der Waals surface area contributed by atoms with Crippen LogP contribution in [0, 0.1) is 0 Å². The topological polar surface area (TPSA) is 77.8 Å². The summed E-state index contributed by atoms with van der Waals surface area (Å²) in [5, 5.41) is 4.61. The number of aromatic nitrogens is 2. The predicted octanol–water partition coefficient (Wildman–Crippen LogP) is 6.11. The quantitative estimate of drug-likeness (QED) is 0.260. The molecule has 0 amide bonds. The lowest BCUT2D eigenvalue weighted by Gasteiger charge is -2.28. The third-order valence-electron chi connectivity index (χ3n) is 6.22. The molecule has 0 saturated carbocycles. The van der Waals surface area contributed by atoms with E-state index in [9.17, 15) is 0 Å². The average molecular weight is 530 g/mol. The minimum atomic E-state index is -2.24. The maximum atomic E-state index is 6.48. The predicted molar refractivity (Wildman–Crippen MR) is 155 cm³/mol. The van der Waals surface area contributed by atoms with Gasteiger partial charge in [-0.2, -0.15) is 4.98 Å². The molecule has 178 valence electrons. The standard InChI is InChI=1S/C29H24Cl2N4P/c30-24-17-16-20(18-25(24)31)27-26(34-29(33)35-28(27)32)19-36(21-10-4-1-5-11-21,22-12-6-2-7-13-22)23-14-8-3-9-15-23/h1-18H,19H2,(H4,32,33,34,35)/q+1. The molecule has 0 radical (unpaired) electrons. The van der Waals surface area contributed by atoms with Crippen LogP contribution in [0.25, 0.3) is 11.1 Å². The molecule has 36 heavy (non-hydrogen) atoms. The van der Waals surface area contributed by atoms with Crippen LogP contribution >= 0.6 is 30.5 Å². The Balaban J connectivity index is 1.82. The highest BCUT2D eigenvalue weighted by Gasteiger charge is 2.46. The summed E-state index contributed by atoms with van der Waals surface area (Å²) in [7, 11) is -2.24. The summed E-state index contributed by atoms with van der Waals surface area (Å²) in [5.74, 6) is 0.446. The molecule has 0 fully saturated rings. The van der Waals surface area contributed by atoms with Crippen molar-refractivity contribution in [2.24, 2.45) is 0 Å². The van der Waals surface area contributed by atoms with Crippen LogP contribution in [0.15, 0.2) is 109 Å². The molecule has 0 aliphatic carbocycles. The molecule has 0 bridgehead atoms. The smallest absolute Gasteiger partial charge is 0.222 e. The number of benzene rings is 4. The van der Waals surface area contributed by atoms with Crippen molar-refractivity contribution < 1.29 is 0 Å². The van der Waals surface area contributed by atoms with Gasteiger partial charge in [0.2, 0.25) is 5.95 Å². The summed E-state index contributed by atoms with van der Waals surface area (Å²) < 4.78 is 0. The van der Waals surface area contributed by atoms with E-state index in [0.29, 0.717) is 22.0 Å². The molecule has 1 aromatic heterocycles. The van der Waals surface area contributed by atoms with Crippen molar-refractivity contribution in [3.05, 3.63) is 125 Å². The van der Waals surface area contributed by atoms with Gasteiger partial charge >= 0.3 is 0 Å². The van der Waals surface area contributed by atoms with E-state index in [-0.39, 0.29) is 5.95 Å². The molecule has 4 N–H and O–H groups in total. The maximum Gasteiger partial charge on any atom is 0.222 e. The van der Waals surface area contributed by atoms with Crippen molar-refractivity contribution >= 4 is 58.1 Å². The van der Waals surface area contributed by atoms with Gasteiger partial charge in [0.25, 0.3) is 0 Å². The minimum absolute atomic E-state index is 0.138. The lowest BCUT2D eigenvalue weighted by atomic mass is 10.1. The van der Waals surface area contributed by atoms with E-state index in [1.807, 2.05) is 24.3 Å². The summed E-state index contributed by atoms with van der Waals surface area (Å²) in [6.45, 7) is 0. The molecule has 0 atom stereocenters. The van der Waals surface area contributed by atoms with Gasteiger partial charge in [-0.05, 0) is 54.1 Å². The van der Waals surface area contributed by atoms with Gasteiger partial charge in [0.05, 0.1) is 15.7 Å². The van der Waals surface area contributed by atoms with E-state index >= 15 is 0 Å². The number of nitrogens with two attached hydrogens (primary N) is 2. The normalized spacial score (nSPS) is 11.4. The summed E-state index contributed by atoms with van der Waals surface area (Å²) in [6, 6.07) is 37.2. The lowest BCUT2D eigenvalue weighted by molar-refractivity contribution is 1.11. The van der Waals surface area contributed by atoms with Gasteiger partial charge in [0, 0.05) is 5.56 Å². The van der Waals surface area contributed by atoms with Crippen LogP contribution in [0.1, 0.15) is 5.69 Å². The number of rotatable bonds is 6. The summed E-state index contributed by atoms with van der Waals surface area (Å²) in [4.78, 5) is 9.05. The first-order valence-electron chi connectivity index (χ1n) is 11.4. The van der Waals surface area contributed by atoms with Gasteiger partial charge < -0.3 is 11.5 Å². The Kier molecular flexibility index (Phi) is 6.93. The highest BCUT2D eigenvalue weighted by Crippen LogP contribution is 2.59. The van der Waals surface area contributed by atoms with Crippen LogP contribution in [-0.4, -0.2) is 9.97 Å². The van der Waals surface area contributed by atoms with Crippen LogP contribution in [0.4, 0.5) is 11.8 Å². The number of anilines is 2. The van der Waals surface area contributed by atoms with Crippen molar-refractivity contribution in [2.45, 2.75) is 6.16 Å². The molecule has 0 unspecified atom stereocenters. The highest BCUT2D eigenvalue weighted by atomic mass is 35.5. The third-order valence-corrected chi connectivity index (χ3v) is 11.3. The van der Waals surface area contributed by atoms with Crippen LogP contribution in [0.5, 0.6) is 0 Å². The fraction of sp³-hybridized carbons (Fsp3) is 0.0345. The van der Waals surface area contributed by atoms with Gasteiger partial charge in [-0.1, -0.05) is 83.9 Å². The first kappa shape index (κ1) is 24.3. The average Bonchev–Trinajstić information content (AvgIpc) is 2.90. The van der Waals surface area contributed by atoms with Crippen LogP contribution < -0.4 is 27.4 Å². The second-order valence-corrected chi connectivity index (χ2v) is 12.7. The zero-order chi connectivity index (χ0) is 25.1. The Morgan fingerprint density at radius 1 is 0.611 bits per heavy atom.